The number of aromatic nitrogens is 2. The third-order valence-corrected chi connectivity index (χ3v) is 5.39. The van der Waals surface area contributed by atoms with Gasteiger partial charge in [0.05, 0.1) is 10.7 Å². The van der Waals surface area contributed by atoms with Gasteiger partial charge in [0.25, 0.3) is 0 Å². The number of anilines is 1. The van der Waals surface area contributed by atoms with Crippen LogP contribution >= 0.6 is 24.0 Å². The van der Waals surface area contributed by atoms with E-state index in [0.29, 0.717) is 16.5 Å². The zero-order chi connectivity index (χ0) is 16.8. The van der Waals surface area contributed by atoms with Gasteiger partial charge < -0.3 is 15.5 Å². The van der Waals surface area contributed by atoms with Crippen molar-refractivity contribution in [1.29, 1.82) is 0 Å². The van der Waals surface area contributed by atoms with E-state index in [1.807, 2.05) is 6.07 Å². The van der Waals surface area contributed by atoms with E-state index < -0.39 is 5.76 Å². The molecule has 24 heavy (non-hydrogen) atoms. The number of hydrogen-bond acceptors (Lipinski definition) is 5. The van der Waals surface area contributed by atoms with Gasteiger partial charge in [0.1, 0.15) is 0 Å². The Morgan fingerprint density at radius 3 is 2.75 bits per heavy atom. The highest BCUT2D eigenvalue weighted by atomic mass is 35.5. The number of H-pyrrole nitrogens is 1. The van der Waals surface area contributed by atoms with E-state index in [4.69, 9.17) is 21.8 Å². The van der Waals surface area contributed by atoms with Crippen LogP contribution in [-0.2, 0) is 0 Å². The lowest BCUT2D eigenvalue weighted by Gasteiger charge is -2.53. The van der Waals surface area contributed by atoms with Crippen molar-refractivity contribution in [2.24, 2.45) is 17.1 Å². The Kier molecular flexibility index (Phi) is 5.32. The molecule has 0 spiro atoms. The summed E-state index contributed by atoms with van der Waals surface area (Å²) in [6, 6.07) is 5.82. The SMILES string of the molecule is CC(Nc1cc(-c2n[nH]c(=O)o2)ccc1Cl)[C@@H]1C[C@H](N)C1(C)C.Cl. The minimum Gasteiger partial charge on any atom is -0.388 e. The van der Waals surface area contributed by atoms with Crippen molar-refractivity contribution in [3.8, 4) is 11.5 Å². The van der Waals surface area contributed by atoms with Gasteiger partial charge in [0, 0.05) is 17.6 Å². The fraction of sp³-hybridized carbons (Fsp3) is 0.500. The summed E-state index contributed by atoms with van der Waals surface area (Å²) in [7, 11) is 0. The van der Waals surface area contributed by atoms with Crippen LogP contribution in [0.3, 0.4) is 0 Å². The van der Waals surface area contributed by atoms with E-state index in [9.17, 15) is 4.79 Å². The summed E-state index contributed by atoms with van der Waals surface area (Å²) in [6.07, 6.45) is 0.993. The Morgan fingerprint density at radius 2 is 2.21 bits per heavy atom. The predicted molar refractivity (Wildman–Crippen MR) is 97.8 cm³/mol. The zero-order valence-corrected chi connectivity index (χ0v) is 15.4. The van der Waals surface area contributed by atoms with Crippen LogP contribution in [0.15, 0.2) is 27.4 Å². The zero-order valence-electron chi connectivity index (χ0n) is 13.8. The van der Waals surface area contributed by atoms with Crippen molar-refractivity contribution >= 4 is 29.7 Å². The number of nitrogens with one attached hydrogen (secondary N) is 2. The van der Waals surface area contributed by atoms with Gasteiger partial charge in [-0.05, 0) is 42.9 Å². The second-order valence-electron chi connectivity index (χ2n) is 6.82. The number of nitrogens with two attached hydrogens (primary N) is 1. The average Bonchev–Trinajstić information content (AvgIpc) is 2.93. The molecule has 8 heteroatoms. The lowest BCUT2D eigenvalue weighted by molar-refractivity contribution is 0.0272. The molecule has 132 valence electrons. The van der Waals surface area contributed by atoms with E-state index >= 15 is 0 Å². The van der Waals surface area contributed by atoms with E-state index in [-0.39, 0.29) is 35.8 Å². The number of benzene rings is 1. The first kappa shape index (κ1) is 18.8. The molecule has 1 aliphatic carbocycles. The molecule has 0 bridgehead atoms. The third-order valence-electron chi connectivity index (χ3n) is 5.06. The lowest BCUT2D eigenvalue weighted by Crippen LogP contribution is -2.59. The number of halogens is 2. The molecule has 2 aromatic rings. The summed E-state index contributed by atoms with van der Waals surface area (Å²) in [5.41, 5.74) is 7.68. The Hall–Kier alpha value is -1.50. The molecule has 3 rings (SSSR count). The van der Waals surface area contributed by atoms with Crippen LogP contribution in [0.1, 0.15) is 27.2 Å². The first-order valence-electron chi connectivity index (χ1n) is 7.66. The second kappa shape index (κ2) is 6.78. The Balaban J connectivity index is 0.00000208. The monoisotopic (exact) mass is 372 g/mol. The first-order valence-corrected chi connectivity index (χ1v) is 8.04. The lowest BCUT2D eigenvalue weighted by atomic mass is 9.56. The summed E-state index contributed by atoms with van der Waals surface area (Å²) in [5, 5.41) is 10.2. The van der Waals surface area contributed by atoms with E-state index in [2.05, 4.69) is 36.3 Å². The first-order chi connectivity index (χ1) is 10.8. The molecule has 1 heterocycles. The van der Waals surface area contributed by atoms with Crippen molar-refractivity contribution in [2.45, 2.75) is 39.3 Å². The van der Waals surface area contributed by atoms with Crippen molar-refractivity contribution < 1.29 is 4.42 Å². The number of aromatic amines is 1. The molecule has 0 amide bonds. The third kappa shape index (κ3) is 3.31. The largest absolute Gasteiger partial charge is 0.434 e. The molecule has 1 saturated carbocycles. The van der Waals surface area contributed by atoms with E-state index in [1.54, 1.807) is 12.1 Å². The van der Waals surface area contributed by atoms with Crippen molar-refractivity contribution in [3.63, 3.8) is 0 Å². The maximum Gasteiger partial charge on any atom is 0.434 e. The normalized spacial score (nSPS) is 23.0. The number of hydrogen-bond donors (Lipinski definition) is 3. The number of nitrogens with zero attached hydrogens (tertiary/aromatic N) is 1. The predicted octanol–water partition coefficient (Wildman–Crippen LogP) is 3.28. The van der Waals surface area contributed by atoms with Crippen molar-refractivity contribution in [1.82, 2.24) is 10.2 Å². The molecule has 3 atom stereocenters. The Bertz CT molecular complexity index is 771. The molecular formula is C16H22Cl2N4O2. The van der Waals surface area contributed by atoms with Crippen LogP contribution in [0, 0.1) is 11.3 Å². The molecule has 4 N–H and O–H groups in total. The van der Waals surface area contributed by atoms with Gasteiger partial charge in [-0.1, -0.05) is 25.4 Å². The summed E-state index contributed by atoms with van der Waals surface area (Å²) in [5.74, 6) is 0.136. The molecule has 1 fully saturated rings. The van der Waals surface area contributed by atoms with Crippen LogP contribution in [0.25, 0.3) is 11.5 Å². The maximum absolute atomic E-state index is 11.1. The minimum atomic E-state index is -0.581. The average molecular weight is 373 g/mol. The van der Waals surface area contributed by atoms with Gasteiger partial charge in [-0.25, -0.2) is 9.89 Å². The van der Waals surface area contributed by atoms with Crippen LogP contribution in [0.4, 0.5) is 5.69 Å². The molecule has 1 aliphatic rings. The van der Waals surface area contributed by atoms with E-state index in [0.717, 1.165) is 12.1 Å². The van der Waals surface area contributed by atoms with Crippen molar-refractivity contribution in [2.75, 3.05) is 5.32 Å². The summed E-state index contributed by atoms with van der Waals surface area (Å²) in [4.78, 5) is 11.1. The molecular weight excluding hydrogens is 351 g/mol. The molecule has 1 aromatic carbocycles. The Morgan fingerprint density at radius 1 is 1.50 bits per heavy atom. The quantitative estimate of drug-likeness (QED) is 0.764. The topological polar surface area (TPSA) is 96.9 Å². The smallest absolute Gasteiger partial charge is 0.388 e. The van der Waals surface area contributed by atoms with Gasteiger partial charge in [-0.2, -0.15) is 0 Å². The molecule has 0 radical (unpaired) electrons. The van der Waals surface area contributed by atoms with Gasteiger partial charge >= 0.3 is 5.76 Å². The number of rotatable bonds is 4. The molecule has 1 aromatic heterocycles. The molecule has 0 aliphatic heterocycles. The van der Waals surface area contributed by atoms with Gasteiger partial charge in [-0.3, -0.25) is 0 Å². The highest BCUT2D eigenvalue weighted by Gasteiger charge is 2.48. The summed E-state index contributed by atoms with van der Waals surface area (Å²) in [6.45, 7) is 6.52. The Labute approximate surface area is 151 Å². The van der Waals surface area contributed by atoms with Gasteiger partial charge in [0.2, 0.25) is 5.89 Å². The molecule has 0 saturated heterocycles. The fourth-order valence-corrected chi connectivity index (χ4v) is 3.48. The summed E-state index contributed by atoms with van der Waals surface area (Å²) < 4.78 is 4.99. The van der Waals surface area contributed by atoms with Gasteiger partial charge in [0.15, 0.2) is 0 Å². The highest BCUT2D eigenvalue weighted by Crippen LogP contribution is 2.47. The van der Waals surface area contributed by atoms with Gasteiger partial charge in [-0.15, -0.1) is 17.5 Å². The minimum absolute atomic E-state index is 0. The fourth-order valence-electron chi connectivity index (χ4n) is 3.31. The molecule has 1 unspecified atom stereocenters. The van der Waals surface area contributed by atoms with Crippen LogP contribution in [-0.4, -0.2) is 22.3 Å². The molecule has 6 nitrogen and oxygen atoms in total. The summed E-state index contributed by atoms with van der Waals surface area (Å²) >= 11 is 6.29. The van der Waals surface area contributed by atoms with Crippen molar-refractivity contribution in [3.05, 3.63) is 33.8 Å². The standard InChI is InChI=1S/C16H21ClN4O2.ClH/c1-8(10-7-13(18)16(10,2)3)19-12-6-9(4-5-11(12)17)14-20-21-15(22)23-14;/h4-6,8,10,13,19H,7,18H2,1-3H3,(H,21,22);1H/t8?,10-,13-;/m0./s1. The van der Waals surface area contributed by atoms with Crippen LogP contribution in [0.2, 0.25) is 5.02 Å². The van der Waals surface area contributed by atoms with Crippen LogP contribution < -0.4 is 16.8 Å². The second-order valence-corrected chi connectivity index (χ2v) is 7.22. The maximum atomic E-state index is 11.1. The highest BCUT2D eigenvalue weighted by molar-refractivity contribution is 6.33. The van der Waals surface area contributed by atoms with Crippen LogP contribution in [0.5, 0.6) is 0 Å². The van der Waals surface area contributed by atoms with E-state index in [1.165, 1.54) is 0 Å².